The Morgan fingerprint density at radius 1 is 1.28 bits per heavy atom. The molecule has 1 aliphatic heterocycles. The first-order valence-corrected chi connectivity index (χ1v) is 9.82. The molecule has 2 aromatic rings. The summed E-state index contributed by atoms with van der Waals surface area (Å²) in [7, 11) is 0. The lowest BCUT2D eigenvalue weighted by atomic mass is 9.97. The van der Waals surface area contributed by atoms with Crippen molar-refractivity contribution in [2.45, 2.75) is 39.0 Å². The molecule has 0 saturated carbocycles. The van der Waals surface area contributed by atoms with Crippen LogP contribution >= 0.6 is 0 Å². The number of aryl methyl sites for hydroxylation is 1. The minimum absolute atomic E-state index is 0.127. The van der Waals surface area contributed by atoms with E-state index in [-0.39, 0.29) is 17.3 Å². The largest absolute Gasteiger partial charge is 0.481 e. The van der Waals surface area contributed by atoms with Gasteiger partial charge < -0.3 is 15.3 Å². The summed E-state index contributed by atoms with van der Waals surface area (Å²) in [6.45, 7) is 2.95. The Hall–Kier alpha value is -3.23. The fourth-order valence-electron chi connectivity index (χ4n) is 3.47. The van der Waals surface area contributed by atoms with E-state index in [0.717, 1.165) is 19.3 Å². The van der Waals surface area contributed by atoms with Crippen molar-refractivity contribution in [1.29, 1.82) is 0 Å². The van der Waals surface area contributed by atoms with E-state index in [1.807, 2.05) is 24.3 Å². The van der Waals surface area contributed by atoms with Crippen LogP contribution in [0.4, 0.5) is 23.0 Å². The number of unbranched alkanes of at least 4 members (excludes halogenated alkanes) is 1. The minimum atomic E-state index is -0.827. The predicted molar refractivity (Wildman–Crippen MR) is 110 cm³/mol. The van der Waals surface area contributed by atoms with Gasteiger partial charge in [0.2, 0.25) is 11.6 Å². The SMILES string of the molecule is CCCCc1ccc(Nc2ncnc(N3CCC(C(=O)O)CC3)c2[N+](=O)[O-])cc1. The summed E-state index contributed by atoms with van der Waals surface area (Å²) in [5.74, 6) is -0.903. The van der Waals surface area contributed by atoms with E-state index in [0.29, 0.717) is 31.6 Å². The molecule has 1 saturated heterocycles. The van der Waals surface area contributed by atoms with Crippen LogP contribution in [0.2, 0.25) is 0 Å². The van der Waals surface area contributed by atoms with Gasteiger partial charge in [0.25, 0.3) is 0 Å². The van der Waals surface area contributed by atoms with Crippen molar-refractivity contribution in [3.63, 3.8) is 0 Å². The third kappa shape index (κ3) is 4.98. The Labute approximate surface area is 168 Å². The van der Waals surface area contributed by atoms with E-state index >= 15 is 0 Å². The van der Waals surface area contributed by atoms with Gasteiger partial charge in [-0.25, -0.2) is 9.97 Å². The molecular weight excluding hydrogens is 374 g/mol. The zero-order valence-corrected chi connectivity index (χ0v) is 16.4. The van der Waals surface area contributed by atoms with Crippen LogP contribution in [0.5, 0.6) is 0 Å². The smallest absolute Gasteiger partial charge is 0.353 e. The molecule has 9 nitrogen and oxygen atoms in total. The first-order chi connectivity index (χ1) is 14.0. The van der Waals surface area contributed by atoms with Crippen LogP contribution in [0.3, 0.4) is 0 Å². The van der Waals surface area contributed by atoms with Crippen LogP contribution in [0.15, 0.2) is 30.6 Å². The van der Waals surface area contributed by atoms with Gasteiger partial charge in [-0.1, -0.05) is 25.5 Å². The topological polar surface area (TPSA) is 121 Å². The lowest BCUT2D eigenvalue weighted by molar-refractivity contribution is -0.383. The second kappa shape index (κ2) is 9.31. The van der Waals surface area contributed by atoms with Gasteiger partial charge in [-0.3, -0.25) is 14.9 Å². The van der Waals surface area contributed by atoms with Crippen molar-refractivity contribution >= 4 is 29.0 Å². The maximum absolute atomic E-state index is 11.8. The van der Waals surface area contributed by atoms with Crippen LogP contribution in [0, 0.1) is 16.0 Å². The van der Waals surface area contributed by atoms with Gasteiger partial charge in [0.15, 0.2) is 0 Å². The van der Waals surface area contributed by atoms with Crippen molar-refractivity contribution in [3.05, 3.63) is 46.3 Å². The Morgan fingerprint density at radius 2 is 1.97 bits per heavy atom. The molecule has 0 unspecified atom stereocenters. The van der Waals surface area contributed by atoms with E-state index < -0.39 is 16.8 Å². The molecular formula is C20H25N5O4. The number of nitro groups is 1. The number of piperidine rings is 1. The monoisotopic (exact) mass is 399 g/mol. The van der Waals surface area contributed by atoms with Crippen molar-refractivity contribution in [1.82, 2.24) is 9.97 Å². The molecule has 0 spiro atoms. The van der Waals surface area contributed by atoms with Gasteiger partial charge in [0, 0.05) is 18.8 Å². The van der Waals surface area contributed by atoms with Gasteiger partial charge in [0.05, 0.1) is 10.8 Å². The number of hydrogen-bond donors (Lipinski definition) is 2. The van der Waals surface area contributed by atoms with Crippen LogP contribution in [-0.4, -0.2) is 39.1 Å². The summed E-state index contributed by atoms with van der Waals surface area (Å²) in [5.41, 5.74) is 1.73. The second-order valence-corrected chi connectivity index (χ2v) is 7.18. The summed E-state index contributed by atoms with van der Waals surface area (Å²) in [6, 6.07) is 7.77. The van der Waals surface area contributed by atoms with E-state index in [2.05, 4.69) is 22.2 Å². The van der Waals surface area contributed by atoms with Crippen LogP contribution in [0.1, 0.15) is 38.2 Å². The molecule has 0 amide bonds. The summed E-state index contributed by atoms with van der Waals surface area (Å²) in [6.07, 6.45) is 5.40. The number of nitrogens with zero attached hydrogens (tertiary/aromatic N) is 4. The van der Waals surface area contributed by atoms with E-state index in [9.17, 15) is 14.9 Å². The summed E-state index contributed by atoms with van der Waals surface area (Å²) in [5, 5.41) is 24.0. The van der Waals surface area contributed by atoms with Crippen molar-refractivity contribution in [2.24, 2.45) is 5.92 Å². The van der Waals surface area contributed by atoms with Gasteiger partial charge in [-0.2, -0.15) is 0 Å². The average molecular weight is 399 g/mol. The van der Waals surface area contributed by atoms with Crippen LogP contribution < -0.4 is 10.2 Å². The molecule has 9 heteroatoms. The molecule has 2 heterocycles. The first kappa shape index (κ1) is 20.5. The van der Waals surface area contributed by atoms with Crippen LogP contribution in [-0.2, 0) is 11.2 Å². The molecule has 0 atom stereocenters. The summed E-state index contributed by atoms with van der Waals surface area (Å²) in [4.78, 5) is 32.4. The van der Waals surface area contributed by atoms with Gasteiger partial charge in [-0.15, -0.1) is 0 Å². The standard InChI is InChI=1S/C20H25N5O4/c1-2-3-4-14-5-7-16(8-6-14)23-18-17(25(28)29)19(22-13-21-18)24-11-9-15(10-12-24)20(26)27/h5-8,13,15H,2-4,9-12H2,1H3,(H,26,27)(H,21,22,23). The van der Waals surface area contributed by atoms with Gasteiger partial charge >= 0.3 is 11.7 Å². The highest BCUT2D eigenvalue weighted by atomic mass is 16.6. The highest BCUT2D eigenvalue weighted by Crippen LogP contribution is 2.35. The van der Waals surface area contributed by atoms with E-state index in [1.165, 1.54) is 11.9 Å². The Kier molecular flexibility index (Phi) is 6.58. The molecule has 154 valence electrons. The zero-order valence-electron chi connectivity index (χ0n) is 16.4. The maximum atomic E-state index is 11.8. The van der Waals surface area contributed by atoms with Crippen molar-refractivity contribution in [3.8, 4) is 0 Å². The van der Waals surface area contributed by atoms with Crippen molar-refractivity contribution < 1.29 is 14.8 Å². The van der Waals surface area contributed by atoms with E-state index in [1.54, 1.807) is 4.90 Å². The highest BCUT2D eigenvalue weighted by molar-refractivity contribution is 5.75. The Bertz CT molecular complexity index is 864. The third-order valence-electron chi connectivity index (χ3n) is 5.16. The number of aromatic nitrogens is 2. The Morgan fingerprint density at radius 3 is 2.55 bits per heavy atom. The third-order valence-corrected chi connectivity index (χ3v) is 5.16. The van der Waals surface area contributed by atoms with Gasteiger partial charge in [0.1, 0.15) is 6.33 Å². The number of carbonyl (C=O) groups is 1. The lowest BCUT2D eigenvalue weighted by Crippen LogP contribution is -2.37. The summed E-state index contributed by atoms with van der Waals surface area (Å²) >= 11 is 0. The number of benzene rings is 1. The van der Waals surface area contributed by atoms with E-state index in [4.69, 9.17) is 5.11 Å². The summed E-state index contributed by atoms with van der Waals surface area (Å²) < 4.78 is 0. The zero-order chi connectivity index (χ0) is 20.8. The van der Waals surface area contributed by atoms with Gasteiger partial charge in [-0.05, 0) is 43.4 Å². The maximum Gasteiger partial charge on any atom is 0.353 e. The normalized spacial score (nSPS) is 14.6. The Balaban J connectivity index is 1.80. The molecule has 1 aromatic heterocycles. The minimum Gasteiger partial charge on any atom is -0.481 e. The molecule has 3 rings (SSSR count). The molecule has 1 aromatic carbocycles. The fourth-order valence-corrected chi connectivity index (χ4v) is 3.47. The molecule has 1 aliphatic rings. The quantitative estimate of drug-likeness (QED) is 0.508. The first-order valence-electron chi connectivity index (χ1n) is 9.82. The molecule has 0 aliphatic carbocycles. The number of hydrogen-bond acceptors (Lipinski definition) is 7. The number of rotatable bonds is 8. The highest BCUT2D eigenvalue weighted by Gasteiger charge is 2.31. The number of anilines is 3. The number of nitrogens with one attached hydrogen (secondary N) is 1. The molecule has 29 heavy (non-hydrogen) atoms. The molecule has 0 radical (unpaired) electrons. The van der Waals surface area contributed by atoms with Crippen LogP contribution in [0.25, 0.3) is 0 Å². The number of carboxylic acids is 1. The van der Waals surface area contributed by atoms with Crippen molar-refractivity contribution in [2.75, 3.05) is 23.3 Å². The predicted octanol–water partition coefficient (Wildman–Crippen LogP) is 3.77. The molecule has 1 fully saturated rings. The number of aliphatic carboxylic acids is 1. The second-order valence-electron chi connectivity index (χ2n) is 7.18. The number of carboxylic acid groups (broad SMARTS) is 1. The molecule has 0 bridgehead atoms. The fraction of sp³-hybridized carbons (Fsp3) is 0.450. The molecule has 2 N–H and O–H groups in total. The lowest BCUT2D eigenvalue weighted by Gasteiger charge is -2.30. The average Bonchev–Trinajstić information content (AvgIpc) is 2.73.